The van der Waals surface area contributed by atoms with E-state index < -0.39 is 12.0 Å². The van der Waals surface area contributed by atoms with Gasteiger partial charge in [0.2, 0.25) is 0 Å². The average molecular weight is 314 g/mol. The molecule has 5 heteroatoms. The molecule has 1 unspecified atom stereocenters. The summed E-state index contributed by atoms with van der Waals surface area (Å²) in [6, 6.07) is 5.65. The van der Waals surface area contributed by atoms with Crippen molar-refractivity contribution in [2.45, 2.75) is 57.9 Å². The van der Waals surface area contributed by atoms with Crippen molar-refractivity contribution in [2.24, 2.45) is 0 Å². The van der Waals surface area contributed by atoms with Crippen molar-refractivity contribution < 1.29 is 23.0 Å². The molecule has 2 nitrogen and oxygen atoms in total. The molecule has 1 rings (SSSR count). The Hall–Kier alpha value is -1.67. The van der Waals surface area contributed by atoms with Crippen molar-refractivity contribution in [1.29, 1.82) is 0 Å². The number of para-hydroxylation sites is 1. The molecule has 0 aliphatic carbocycles. The second-order valence-corrected chi connectivity index (χ2v) is 5.38. The summed E-state index contributed by atoms with van der Waals surface area (Å²) in [5.74, 6) is 4.87. The van der Waals surface area contributed by atoms with E-state index in [9.17, 15) is 18.3 Å². The molecule has 0 saturated heterocycles. The molecule has 0 aromatic heterocycles. The second kappa shape index (κ2) is 8.09. The van der Waals surface area contributed by atoms with Gasteiger partial charge in [-0.1, -0.05) is 50.2 Å². The molecule has 1 N–H and O–H groups in total. The minimum Gasteiger partial charge on any atom is -0.404 e. The van der Waals surface area contributed by atoms with Gasteiger partial charge in [0.05, 0.1) is 5.56 Å². The van der Waals surface area contributed by atoms with Crippen molar-refractivity contribution in [3.05, 3.63) is 29.8 Å². The fourth-order valence-electron chi connectivity index (χ4n) is 1.94. The summed E-state index contributed by atoms with van der Waals surface area (Å²) in [6.45, 7) is 3.66. The van der Waals surface area contributed by atoms with Gasteiger partial charge in [-0.3, -0.25) is 0 Å². The average Bonchev–Trinajstić information content (AvgIpc) is 2.41. The summed E-state index contributed by atoms with van der Waals surface area (Å²) < 4.78 is 40.9. The first-order valence-electron chi connectivity index (χ1n) is 7.34. The predicted octanol–water partition coefficient (Wildman–Crippen LogP) is 4.66. The fraction of sp³-hybridized carbons (Fsp3) is 0.529. The molecule has 0 fully saturated rings. The van der Waals surface area contributed by atoms with Crippen molar-refractivity contribution in [3.8, 4) is 17.6 Å². The van der Waals surface area contributed by atoms with Crippen LogP contribution in [-0.2, 0) is 0 Å². The molecule has 0 amide bonds. The van der Waals surface area contributed by atoms with Crippen LogP contribution in [0.15, 0.2) is 24.3 Å². The smallest absolute Gasteiger partial charge is 0.404 e. The van der Waals surface area contributed by atoms with Gasteiger partial charge in [0.25, 0.3) is 0 Å². The Morgan fingerprint density at radius 3 is 2.45 bits per heavy atom. The number of alkyl halides is 3. The Morgan fingerprint density at radius 2 is 1.82 bits per heavy atom. The van der Waals surface area contributed by atoms with Crippen LogP contribution in [0.25, 0.3) is 0 Å². The SMILES string of the molecule is CCCCCCC(C)(O)C#Cc1ccccc1OC(F)(F)F. The normalized spacial score (nSPS) is 13.9. The molecule has 22 heavy (non-hydrogen) atoms. The lowest BCUT2D eigenvalue weighted by atomic mass is 9.98. The van der Waals surface area contributed by atoms with Gasteiger partial charge in [-0.15, -0.1) is 13.2 Å². The maximum absolute atomic E-state index is 12.3. The molecule has 0 spiro atoms. The minimum absolute atomic E-state index is 0.105. The standard InChI is InChI=1S/C17H21F3O2/c1-3-4-5-8-12-16(2,21)13-11-14-9-6-7-10-15(14)22-17(18,19)20/h6-7,9-10,21H,3-5,8,12H2,1-2H3. The third-order valence-electron chi connectivity index (χ3n) is 3.10. The summed E-state index contributed by atoms with van der Waals surface area (Å²) in [4.78, 5) is 0. The number of halogens is 3. The van der Waals surface area contributed by atoms with Gasteiger partial charge in [-0.25, -0.2) is 0 Å². The first kappa shape index (κ1) is 18.4. The Labute approximate surface area is 129 Å². The molecule has 0 aliphatic rings. The monoisotopic (exact) mass is 314 g/mol. The number of hydrogen-bond donors (Lipinski definition) is 1. The van der Waals surface area contributed by atoms with Gasteiger partial charge in [0, 0.05) is 0 Å². The van der Waals surface area contributed by atoms with Gasteiger partial charge < -0.3 is 9.84 Å². The zero-order chi connectivity index (χ0) is 16.6. The number of ether oxygens (including phenoxy) is 1. The van der Waals surface area contributed by atoms with Gasteiger partial charge in [-0.2, -0.15) is 0 Å². The van der Waals surface area contributed by atoms with Crippen molar-refractivity contribution >= 4 is 0 Å². The maximum Gasteiger partial charge on any atom is 0.573 e. The van der Waals surface area contributed by atoms with E-state index in [-0.39, 0.29) is 11.3 Å². The number of aliphatic hydroxyl groups is 1. The van der Waals surface area contributed by atoms with Crippen molar-refractivity contribution in [2.75, 3.05) is 0 Å². The Kier molecular flexibility index (Phi) is 6.76. The Balaban J connectivity index is 2.78. The van der Waals surface area contributed by atoms with Gasteiger partial charge >= 0.3 is 6.36 Å². The molecule has 122 valence electrons. The van der Waals surface area contributed by atoms with E-state index in [1.165, 1.54) is 18.2 Å². The number of rotatable bonds is 6. The summed E-state index contributed by atoms with van der Waals surface area (Å²) >= 11 is 0. The van der Waals surface area contributed by atoms with Gasteiger partial charge in [0.1, 0.15) is 11.4 Å². The molecule has 1 aromatic carbocycles. The first-order chi connectivity index (χ1) is 10.2. The second-order valence-electron chi connectivity index (χ2n) is 5.38. The summed E-state index contributed by atoms with van der Waals surface area (Å²) in [6.07, 6.45) is -0.261. The fourth-order valence-corrected chi connectivity index (χ4v) is 1.94. The number of hydrogen-bond acceptors (Lipinski definition) is 2. The van der Waals surface area contributed by atoms with E-state index in [4.69, 9.17) is 0 Å². The summed E-state index contributed by atoms with van der Waals surface area (Å²) in [7, 11) is 0. The van der Waals surface area contributed by atoms with E-state index in [2.05, 4.69) is 23.5 Å². The quantitative estimate of drug-likeness (QED) is 0.611. The van der Waals surface area contributed by atoms with Crippen molar-refractivity contribution in [1.82, 2.24) is 0 Å². The van der Waals surface area contributed by atoms with Crippen LogP contribution in [0.2, 0.25) is 0 Å². The first-order valence-corrected chi connectivity index (χ1v) is 7.34. The molecule has 0 radical (unpaired) electrons. The highest BCUT2D eigenvalue weighted by molar-refractivity contribution is 5.46. The lowest BCUT2D eigenvalue weighted by molar-refractivity contribution is -0.274. The minimum atomic E-state index is -4.76. The highest BCUT2D eigenvalue weighted by Crippen LogP contribution is 2.26. The zero-order valence-corrected chi connectivity index (χ0v) is 12.8. The number of benzene rings is 1. The zero-order valence-electron chi connectivity index (χ0n) is 12.8. The predicted molar refractivity (Wildman–Crippen MR) is 79.4 cm³/mol. The van der Waals surface area contributed by atoms with Crippen LogP contribution in [0.3, 0.4) is 0 Å². The molecule has 0 saturated carbocycles. The van der Waals surface area contributed by atoms with E-state index in [1.807, 2.05) is 0 Å². The maximum atomic E-state index is 12.3. The molecule has 0 heterocycles. The van der Waals surface area contributed by atoms with Gasteiger partial charge in [-0.05, 0) is 31.9 Å². The van der Waals surface area contributed by atoms with Crippen LogP contribution in [0.5, 0.6) is 5.75 Å². The van der Waals surface area contributed by atoms with E-state index >= 15 is 0 Å². The van der Waals surface area contributed by atoms with Crippen LogP contribution in [0.4, 0.5) is 13.2 Å². The van der Waals surface area contributed by atoms with E-state index in [1.54, 1.807) is 13.0 Å². The van der Waals surface area contributed by atoms with Crippen LogP contribution in [-0.4, -0.2) is 17.1 Å². The Morgan fingerprint density at radius 1 is 1.14 bits per heavy atom. The lowest BCUT2D eigenvalue weighted by Gasteiger charge is -2.16. The topological polar surface area (TPSA) is 29.5 Å². The summed E-state index contributed by atoms with van der Waals surface area (Å²) in [5, 5.41) is 10.2. The van der Waals surface area contributed by atoms with Crippen LogP contribution in [0.1, 0.15) is 51.5 Å². The molecular formula is C17H21F3O2. The number of unbranched alkanes of at least 4 members (excludes halogenated alkanes) is 3. The van der Waals surface area contributed by atoms with Gasteiger partial charge in [0.15, 0.2) is 0 Å². The van der Waals surface area contributed by atoms with E-state index in [0.717, 1.165) is 25.7 Å². The molecule has 1 aromatic rings. The lowest BCUT2D eigenvalue weighted by Crippen LogP contribution is -2.21. The largest absolute Gasteiger partial charge is 0.573 e. The molecular weight excluding hydrogens is 293 g/mol. The molecule has 0 aliphatic heterocycles. The highest BCUT2D eigenvalue weighted by atomic mass is 19.4. The van der Waals surface area contributed by atoms with E-state index in [0.29, 0.717) is 6.42 Å². The molecule has 0 bridgehead atoms. The van der Waals surface area contributed by atoms with Crippen molar-refractivity contribution in [3.63, 3.8) is 0 Å². The van der Waals surface area contributed by atoms with Crippen LogP contribution >= 0.6 is 0 Å². The highest BCUT2D eigenvalue weighted by Gasteiger charge is 2.31. The molecule has 1 atom stereocenters. The third-order valence-corrected chi connectivity index (χ3v) is 3.10. The summed E-state index contributed by atoms with van der Waals surface area (Å²) in [5.41, 5.74) is -1.12. The van der Waals surface area contributed by atoms with Crippen LogP contribution < -0.4 is 4.74 Å². The van der Waals surface area contributed by atoms with Crippen LogP contribution in [0, 0.1) is 11.8 Å². The third kappa shape index (κ3) is 7.37. The Bertz CT molecular complexity index is 525.